The van der Waals surface area contributed by atoms with Crippen molar-refractivity contribution in [2.24, 2.45) is 0 Å². The summed E-state index contributed by atoms with van der Waals surface area (Å²) in [5.74, 6) is -0.178. The van der Waals surface area contributed by atoms with Crippen molar-refractivity contribution in [3.05, 3.63) is 64.0 Å². The molecule has 1 aromatic heterocycles. The summed E-state index contributed by atoms with van der Waals surface area (Å²) in [6, 6.07) is 10.5. The molecule has 2 N–H and O–H groups in total. The van der Waals surface area contributed by atoms with Gasteiger partial charge in [0.05, 0.1) is 16.8 Å². The molecule has 2 aromatic carbocycles. The standard InChI is InChI=1S/C18H18FN3O/c1-10(2)17-21-16-13(8-9-14(20)15(16)19)18(23)22(17)12-6-4-11(3)5-7-12/h4-10H,20H2,1-3H3. The first-order valence-corrected chi connectivity index (χ1v) is 7.48. The molecule has 0 radical (unpaired) electrons. The molecule has 0 atom stereocenters. The van der Waals surface area contributed by atoms with Crippen LogP contribution in [0, 0.1) is 12.7 Å². The van der Waals surface area contributed by atoms with E-state index in [1.165, 1.54) is 12.1 Å². The summed E-state index contributed by atoms with van der Waals surface area (Å²) in [6.45, 7) is 5.82. The van der Waals surface area contributed by atoms with Gasteiger partial charge in [0.2, 0.25) is 0 Å². The molecule has 3 aromatic rings. The quantitative estimate of drug-likeness (QED) is 0.736. The number of halogens is 1. The van der Waals surface area contributed by atoms with Gasteiger partial charge in [0.1, 0.15) is 11.3 Å². The summed E-state index contributed by atoms with van der Waals surface area (Å²) >= 11 is 0. The maximum Gasteiger partial charge on any atom is 0.266 e. The van der Waals surface area contributed by atoms with E-state index in [0.29, 0.717) is 5.82 Å². The molecule has 0 saturated heterocycles. The van der Waals surface area contributed by atoms with Crippen LogP contribution in [0.5, 0.6) is 0 Å². The molecule has 0 aliphatic carbocycles. The van der Waals surface area contributed by atoms with Gasteiger partial charge in [-0.1, -0.05) is 31.5 Å². The Morgan fingerprint density at radius 3 is 2.39 bits per heavy atom. The first kappa shape index (κ1) is 15.2. The van der Waals surface area contributed by atoms with E-state index in [0.717, 1.165) is 11.3 Å². The van der Waals surface area contributed by atoms with Crippen LogP contribution in [0.4, 0.5) is 10.1 Å². The molecular formula is C18H18FN3O. The van der Waals surface area contributed by atoms with Gasteiger partial charge in [-0.05, 0) is 31.2 Å². The number of aromatic nitrogens is 2. The van der Waals surface area contributed by atoms with E-state index in [1.807, 2.05) is 45.0 Å². The van der Waals surface area contributed by atoms with E-state index in [2.05, 4.69) is 4.98 Å². The monoisotopic (exact) mass is 311 g/mol. The highest BCUT2D eigenvalue weighted by molar-refractivity contribution is 5.82. The summed E-state index contributed by atoms with van der Waals surface area (Å²) in [7, 11) is 0. The highest BCUT2D eigenvalue weighted by atomic mass is 19.1. The van der Waals surface area contributed by atoms with Crippen LogP contribution >= 0.6 is 0 Å². The van der Waals surface area contributed by atoms with Crippen LogP contribution in [0.15, 0.2) is 41.2 Å². The smallest absolute Gasteiger partial charge is 0.266 e. The van der Waals surface area contributed by atoms with Crippen LogP contribution in [0.25, 0.3) is 16.6 Å². The Bertz CT molecular complexity index is 943. The zero-order valence-electron chi connectivity index (χ0n) is 13.3. The molecule has 0 amide bonds. The highest BCUT2D eigenvalue weighted by Crippen LogP contribution is 2.23. The molecule has 0 bridgehead atoms. The first-order chi connectivity index (χ1) is 10.9. The topological polar surface area (TPSA) is 60.9 Å². The Balaban J connectivity index is 2.43. The van der Waals surface area contributed by atoms with Gasteiger partial charge in [0, 0.05) is 5.92 Å². The van der Waals surface area contributed by atoms with Gasteiger partial charge in [-0.25, -0.2) is 9.37 Å². The van der Waals surface area contributed by atoms with Crippen molar-refractivity contribution in [1.82, 2.24) is 9.55 Å². The summed E-state index contributed by atoms with van der Waals surface area (Å²) in [4.78, 5) is 17.3. The average Bonchev–Trinajstić information content (AvgIpc) is 2.52. The fraction of sp³-hybridized carbons (Fsp3) is 0.222. The summed E-state index contributed by atoms with van der Waals surface area (Å²) in [6.07, 6.45) is 0. The number of fused-ring (bicyclic) bond motifs is 1. The van der Waals surface area contributed by atoms with Crippen LogP contribution < -0.4 is 11.3 Å². The number of nitrogen functional groups attached to an aromatic ring is 1. The highest BCUT2D eigenvalue weighted by Gasteiger charge is 2.18. The maximum absolute atomic E-state index is 14.3. The number of nitrogens with zero attached hydrogens (tertiary/aromatic N) is 2. The van der Waals surface area contributed by atoms with Gasteiger partial charge in [0.25, 0.3) is 5.56 Å². The number of hydrogen-bond acceptors (Lipinski definition) is 3. The van der Waals surface area contributed by atoms with Gasteiger partial charge in [-0.3, -0.25) is 9.36 Å². The molecule has 0 saturated carbocycles. The molecule has 3 rings (SSSR count). The number of benzene rings is 2. The molecule has 0 spiro atoms. The second-order valence-electron chi connectivity index (χ2n) is 5.97. The van der Waals surface area contributed by atoms with Crippen molar-refractivity contribution in [3.63, 3.8) is 0 Å². The third-order valence-electron chi connectivity index (χ3n) is 3.84. The number of aryl methyl sites for hydroxylation is 1. The molecule has 0 aliphatic rings. The fourth-order valence-corrected chi connectivity index (χ4v) is 2.58. The zero-order chi connectivity index (χ0) is 16.7. The van der Waals surface area contributed by atoms with E-state index >= 15 is 0 Å². The number of hydrogen-bond donors (Lipinski definition) is 1. The molecular weight excluding hydrogens is 293 g/mol. The van der Waals surface area contributed by atoms with Crippen molar-refractivity contribution < 1.29 is 4.39 Å². The van der Waals surface area contributed by atoms with Crippen molar-refractivity contribution in [2.45, 2.75) is 26.7 Å². The summed E-state index contributed by atoms with van der Waals surface area (Å²) in [5.41, 5.74) is 7.15. The Morgan fingerprint density at radius 1 is 1.13 bits per heavy atom. The average molecular weight is 311 g/mol. The van der Waals surface area contributed by atoms with E-state index in [-0.39, 0.29) is 28.1 Å². The number of anilines is 1. The summed E-state index contributed by atoms with van der Waals surface area (Å²) in [5, 5.41) is 0.224. The Morgan fingerprint density at radius 2 is 1.78 bits per heavy atom. The molecule has 1 heterocycles. The van der Waals surface area contributed by atoms with Crippen LogP contribution in [0.3, 0.4) is 0 Å². The van der Waals surface area contributed by atoms with E-state index < -0.39 is 5.82 Å². The molecule has 4 nitrogen and oxygen atoms in total. The Kier molecular flexibility index (Phi) is 3.64. The number of nitrogens with two attached hydrogens (primary N) is 1. The van der Waals surface area contributed by atoms with Gasteiger partial charge in [-0.2, -0.15) is 0 Å². The second-order valence-corrected chi connectivity index (χ2v) is 5.97. The van der Waals surface area contributed by atoms with Crippen molar-refractivity contribution in [3.8, 4) is 5.69 Å². The van der Waals surface area contributed by atoms with E-state index in [9.17, 15) is 9.18 Å². The van der Waals surface area contributed by atoms with Crippen LogP contribution in [0.1, 0.15) is 31.2 Å². The SMILES string of the molecule is Cc1ccc(-n2c(C(C)C)nc3c(F)c(N)ccc3c2=O)cc1. The molecule has 0 fully saturated rings. The van der Waals surface area contributed by atoms with Crippen molar-refractivity contribution in [2.75, 3.05) is 5.73 Å². The lowest BCUT2D eigenvalue weighted by Gasteiger charge is -2.16. The second kappa shape index (κ2) is 5.50. The Hall–Kier alpha value is -2.69. The lowest BCUT2D eigenvalue weighted by atomic mass is 10.1. The van der Waals surface area contributed by atoms with Crippen molar-refractivity contribution >= 4 is 16.6 Å². The van der Waals surface area contributed by atoms with Gasteiger partial charge >= 0.3 is 0 Å². The van der Waals surface area contributed by atoms with E-state index in [4.69, 9.17) is 5.73 Å². The molecule has 0 unspecified atom stereocenters. The third kappa shape index (κ3) is 2.48. The maximum atomic E-state index is 14.3. The molecule has 5 heteroatoms. The van der Waals surface area contributed by atoms with Gasteiger partial charge in [-0.15, -0.1) is 0 Å². The summed E-state index contributed by atoms with van der Waals surface area (Å²) < 4.78 is 15.8. The lowest BCUT2D eigenvalue weighted by Crippen LogP contribution is -2.25. The van der Waals surface area contributed by atoms with Crippen LogP contribution in [0.2, 0.25) is 0 Å². The molecule has 0 aliphatic heterocycles. The van der Waals surface area contributed by atoms with Crippen molar-refractivity contribution in [1.29, 1.82) is 0 Å². The minimum atomic E-state index is -0.641. The zero-order valence-corrected chi connectivity index (χ0v) is 13.3. The van der Waals surface area contributed by atoms with Gasteiger partial charge in [0.15, 0.2) is 5.82 Å². The predicted octanol–water partition coefficient (Wildman–Crippen LogP) is 3.54. The largest absolute Gasteiger partial charge is 0.396 e. The first-order valence-electron chi connectivity index (χ1n) is 7.48. The normalized spacial score (nSPS) is 11.3. The lowest BCUT2D eigenvalue weighted by molar-refractivity contribution is 0.636. The number of rotatable bonds is 2. The van der Waals surface area contributed by atoms with Gasteiger partial charge < -0.3 is 5.73 Å². The molecule has 118 valence electrons. The predicted molar refractivity (Wildman–Crippen MR) is 90.5 cm³/mol. The minimum absolute atomic E-state index is 0.00723. The Labute approximate surface area is 133 Å². The fourth-order valence-electron chi connectivity index (χ4n) is 2.58. The van der Waals surface area contributed by atoms with E-state index in [1.54, 1.807) is 4.57 Å². The minimum Gasteiger partial charge on any atom is -0.396 e. The van der Waals surface area contributed by atoms with Crippen LogP contribution in [-0.2, 0) is 0 Å². The molecule has 23 heavy (non-hydrogen) atoms. The van der Waals surface area contributed by atoms with Crippen LogP contribution in [-0.4, -0.2) is 9.55 Å². The third-order valence-corrected chi connectivity index (χ3v) is 3.84.